The first-order valence-corrected chi connectivity index (χ1v) is 16.7. The minimum absolute atomic E-state index is 0.0607. The Bertz CT molecular complexity index is 960. The van der Waals surface area contributed by atoms with E-state index >= 15 is 0 Å². The molecule has 0 aromatic rings. The molecule has 6 aliphatic rings. The number of nitrogens with one attached hydrogen (secondary N) is 3. The molecule has 0 radical (unpaired) electrons. The number of carbonyl (C=O) groups excluding carboxylic acids is 2. The zero-order valence-electron chi connectivity index (χ0n) is 24.4. The Kier molecular flexibility index (Phi) is 8.66. The van der Waals surface area contributed by atoms with Crippen LogP contribution < -0.4 is 16.1 Å². The molecule has 3 N–H and O–H groups in total. The summed E-state index contributed by atoms with van der Waals surface area (Å²) in [5, 5.41) is 9.66. The molecule has 2 aliphatic carbocycles. The standard InChI is InChI=1S/C30H49BrN6O3/c1-5-25(38)35-14-18(4)40-29-26-23(37(34-29)20-8-6-19(7-9-20)17(2)3)12-13-36(24(26)15-35)30(39)21-10-11-22(31)28-27(21)32-16-33-28/h5,17-24,26-29,32-34H,1,6-16H2,2-4H3. The van der Waals surface area contributed by atoms with Crippen molar-refractivity contribution in [2.75, 3.05) is 26.3 Å². The molecule has 9 atom stereocenters. The van der Waals surface area contributed by atoms with Gasteiger partial charge in [0.05, 0.1) is 18.1 Å². The lowest BCUT2D eigenvalue weighted by molar-refractivity contribution is -0.154. The molecule has 0 bridgehead atoms. The van der Waals surface area contributed by atoms with Crippen LogP contribution in [0.4, 0.5) is 0 Å². The fraction of sp³-hybridized carbons (Fsp3) is 0.867. The highest BCUT2D eigenvalue weighted by Gasteiger charge is 2.56. The van der Waals surface area contributed by atoms with Gasteiger partial charge in [0.15, 0.2) is 0 Å². The van der Waals surface area contributed by atoms with E-state index in [0.717, 1.165) is 44.3 Å². The smallest absolute Gasteiger partial charge is 0.246 e. The summed E-state index contributed by atoms with van der Waals surface area (Å²) in [6, 6.07) is 1.08. The first kappa shape index (κ1) is 29.1. The molecule has 6 fully saturated rings. The van der Waals surface area contributed by atoms with Crippen LogP contribution in [0.3, 0.4) is 0 Å². The Labute approximate surface area is 248 Å². The number of ether oxygens (including phenoxy) is 1. The topological polar surface area (TPSA) is 89.2 Å². The maximum absolute atomic E-state index is 14.4. The molecule has 9 nitrogen and oxygen atoms in total. The van der Waals surface area contributed by atoms with Crippen LogP contribution in [0.25, 0.3) is 0 Å². The first-order chi connectivity index (χ1) is 19.3. The molecular formula is C30H49BrN6O3. The van der Waals surface area contributed by atoms with E-state index in [4.69, 9.17) is 4.74 Å². The number of rotatable bonds is 4. The molecule has 0 aromatic carbocycles. The van der Waals surface area contributed by atoms with Crippen LogP contribution in [0, 0.1) is 23.7 Å². The summed E-state index contributed by atoms with van der Waals surface area (Å²) < 4.78 is 6.67. The summed E-state index contributed by atoms with van der Waals surface area (Å²) in [5.74, 6) is 1.76. The van der Waals surface area contributed by atoms with Crippen molar-refractivity contribution in [2.24, 2.45) is 23.7 Å². The number of carbonyl (C=O) groups is 2. The van der Waals surface area contributed by atoms with Crippen molar-refractivity contribution < 1.29 is 14.3 Å². The predicted molar refractivity (Wildman–Crippen MR) is 158 cm³/mol. The second-order valence-corrected chi connectivity index (χ2v) is 14.7. The summed E-state index contributed by atoms with van der Waals surface area (Å²) in [6.45, 7) is 13.0. The fourth-order valence-electron chi connectivity index (χ4n) is 8.88. The number of piperidine rings is 1. The van der Waals surface area contributed by atoms with E-state index in [2.05, 4.69) is 69.2 Å². The number of amides is 2. The van der Waals surface area contributed by atoms with Crippen molar-refractivity contribution in [2.45, 2.75) is 113 Å². The maximum atomic E-state index is 14.4. The van der Waals surface area contributed by atoms with Crippen LogP contribution in [0.1, 0.15) is 65.7 Å². The molecule has 2 saturated carbocycles. The molecule has 6 rings (SSSR count). The van der Waals surface area contributed by atoms with E-state index in [9.17, 15) is 9.59 Å². The first-order valence-electron chi connectivity index (χ1n) is 15.8. The number of alkyl halides is 1. The number of halogens is 1. The van der Waals surface area contributed by atoms with Gasteiger partial charge in [-0.25, -0.2) is 10.4 Å². The Morgan fingerprint density at radius 2 is 1.75 bits per heavy atom. The van der Waals surface area contributed by atoms with E-state index in [1.54, 1.807) is 0 Å². The van der Waals surface area contributed by atoms with Crippen LogP contribution in [0.5, 0.6) is 0 Å². The number of fused-ring (bicyclic) bond motifs is 1. The predicted octanol–water partition coefficient (Wildman–Crippen LogP) is 2.43. The minimum atomic E-state index is -0.151. The molecule has 4 heterocycles. The third-order valence-electron chi connectivity index (χ3n) is 11.0. The molecule has 2 amide bonds. The van der Waals surface area contributed by atoms with E-state index in [-0.39, 0.29) is 54.1 Å². The lowest BCUT2D eigenvalue weighted by Crippen LogP contribution is -2.65. The van der Waals surface area contributed by atoms with E-state index in [1.165, 1.54) is 31.8 Å². The van der Waals surface area contributed by atoms with E-state index in [1.807, 2.05) is 4.90 Å². The summed E-state index contributed by atoms with van der Waals surface area (Å²) in [7, 11) is 0. The molecule has 0 aromatic heterocycles. The van der Waals surface area contributed by atoms with Gasteiger partial charge in [-0.15, -0.1) is 0 Å². The molecule has 4 saturated heterocycles. The van der Waals surface area contributed by atoms with Gasteiger partial charge in [-0.05, 0) is 69.8 Å². The van der Waals surface area contributed by atoms with Crippen molar-refractivity contribution in [1.29, 1.82) is 0 Å². The third-order valence-corrected chi connectivity index (χ3v) is 12.0. The summed E-state index contributed by atoms with van der Waals surface area (Å²) >= 11 is 3.85. The minimum Gasteiger partial charge on any atom is -0.357 e. The van der Waals surface area contributed by atoms with Crippen molar-refractivity contribution in [1.82, 2.24) is 30.9 Å². The fourth-order valence-corrected chi connectivity index (χ4v) is 9.66. The Morgan fingerprint density at radius 3 is 2.48 bits per heavy atom. The van der Waals surface area contributed by atoms with Gasteiger partial charge in [-0.3, -0.25) is 20.2 Å². The maximum Gasteiger partial charge on any atom is 0.246 e. The van der Waals surface area contributed by atoms with Crippen LogP contribution in [0.15, 0.2) is 12.7 Å². The van der Waals surface area contributed by atoms with Gasteiger partial charge in [0.25, 0.3) is 0 Å². The monoisotopic (exact) mass is 620 g/mol. The highest BCUT2D eigenvalue weighted by molar-refractivity contribution is 9.09. The third kappa shape index (κ3) is 5.30. The summed E-state index contributed by atoms with van der Waals surface area (Å²) in [5.41, 5.74) is 3.84. The van der Waals surface area contributed by atoms with Crippen LogP contribution in [0.2, 0.25) is 0 Å². The molecule has 4 aliphatic heterocycles. The van der Waals surface area contributed by atoms with Gasteiger partial charge < -0.3 is 14.5 Å². The van der Waals surface area contributed by atoms with Crippen LogP contribution in [-0.4, -0.2) is 100 Å². The highest BCUT2D eigenvalue weighted by Crippen LogP contribution is 2.43. The van der Waals surface area contributed by atoms with Gasteiger partial charge in [-0.1, -0.05) is 36.4 Å². The summed E-state index contributed by atoms with van der Waals surface area (Å²) in [6.07, 6.45) is 8.89. The van der Waals surface area contributed by atoms with Crippen LogP contribution >= 0.6 is 15.9 Å². The second-order valence-electron chi connectivity index (χ2n) is 13.5. The van der Waals surface area contributed by atoms with Crippen molar-refractivity contribution in [3.63, 3.8) is 0 Å². The lowest BCUT2D eigenvalue weighted by Gasteiger charge is -2.50. The molecule has 40 heavy (non-hydrogen) atoms. The quantitative estimate of drug-likeness (QED) is 0.329. The highest BCUT2D eigenvalue weighted by atomic mass is 79.9. The van der Waals surface area contributed by atoms with Gasteiger partial charge in [-0.2, -0.15) is 0 Å². The molecule has 224 valence electrons. The largest absolute Gasteiger partial charge is 0.357 e. The second kappa shape index (κ2) is 11.9. The zero-order chi connectivity index (χ0) is 28.1. The number of hydrogen-bond donors (Lipinski definition) is 3. The average Bonchev–Trinajstić information content (AvgIpc) is 3.57. The van der Waals surface area contributed by atoms with Gasteiger partial charge in [0, 0.05) is 61.2 Å². The van der Waals surface area contributed by atoms with Crippen molar-refractivity contribution in [3.05, 3.63) is 12.7 Å². The van der Waals surface area contributed by atoms with Crippen LogP contribution in [-0.2, 0) is 14.3 Å². The SMILES string of the molecule is C=CC(=O)N1CC(C)OC2NN(C3CCC(C(C)C)CC3)C3CCN(C(=O)C4CCC(Br)C5NCNC45)C(C1)C23. The Morgan fingerprint density at radius 1 is 1.00 bits per heavy atom. The van der Waals surface area contributed by atoms with E-state index < -0.39 is 0 Å². The van der Waals surface area contributed by atoms with Crippen molar-refractivity contribution >= 4 is 27.7 Å². The number of nitrogens with zero attached hydrogens (tertiary/aromatic N) is 3. The Balaban J connectivity index is 1.27. The normalized spacial score (nSPS) is 44.1. The molecular weight excluding hydrogens is 572 g/mol. The summed E-state index contributed by atoms with van der Waals surface area (Å²) in [4.78, 5) is 31.8. The van der Waals surface area contributed by atoms with Gasteiger partial charge in [0.1, 0.15) is 6.23 Å². The number of hydrogen-bond acceptors (Lipinski definition) is 7. The molecule has 0 spiro atoms. The van der Waals surface area contributed by atoms with E-state index in [0.29, 0.717) is 30.0 Å². The zero-order valence-corrected chi connectivity index (χ0v) is 26.0. The van der Waals surface area contributed by atoms with Gasteiger partial charge in [0.2, 0.25) is 11.8 Å². The molecule has 10 heteroatoms. The van der Waals surface area contributed by atoms with Gasteiger partial charge >= 0.3 is 0 Å². The van der Waals surface area contributed by atoms with Crippen molar-refractivity contribution in [3.8, 4) is 0 Å². The average molecular weight is 622 g/mol. The number of hydrazine groups is 1. The Hall–Kier alpha value is -1.04. The molecule has 9 unspecified atom stereocenters. The lowest BCUT2D eigenvalue weighted by atomic mass is 9.77. The number of likely N-dealkylation sites (tertiary alicyclic amines) is 1.